The molecule has 0 bridgehead atoms. The summed E-state index contributed by atoms with van der Waals surface area (Å²) in [5.74, 6) is 0.151. The fraction of sp³-hybridized carbons (Fsp3) is 0.462. The first-order valence-corrected chi connectivity index (χ1v) is 6.18. The fourth-order valence-corrected chi connectivity index (χ4v) is 2.15. The Morgan fingerprint density at radius 1 is 1.50 bits per heavy atom. The third-order valence-corrected chi connectivity index (χ3v) is 3.32. The SMILES string of the molecule is CCN(C(=O)c1cc(S)ccc1C)C1CC1. The Morgan fingerprint density at radius 2 is 2.19 bits per heavy atom. The zero-order chi connectivity index (χ0) is 11.7. The number of hydrogen-bond acceptors (Lipinski definition) is 2. The lowest BCUT2D eigenvalue weighted by atomic mass is 10.1. The molecule has 16 heavy (non-hydrogen) atoms. The molecular weight excluding hydrogens is 218 g/mol. The highest BCUT2D eigenvalue weighted by Gasteiger charge is 2.32. The van der Waals surface area contributed by atoms with Crippen molar-refractivity contribution in [1.29, 1.82) is 0 Å². The van der Waals surface area contributed by atoms with Gasteiger partial charge in [-0.2, -0.15) is 0 Å². The number of carbonyl (C=O) groups is 1. The van der Waals surface area contributed by atoms with Crippen molar-refractivity contribution in [3.63, 3.8) is 0 Å². The van der Waals surface area contributed by atoms with Crippen molar-refractivity contribution >= 4 is 18.5 Å². The van der Waals surface area contributed by atoms with Gasteiger partial charge in [0.2, 0.25) is 0 Å². The minimum atomic E-state index is 0.151. The molecule has 0 radical (unpaired) electrons. The highest BCUT2D eigenvalue weighted by molar-refractivity contribution is 7.80. The summed E-state index contributed by atoms with van der Waals surface area (Å²) in [5.41, 5.74) is 1.82. The summed E-state index contributed by atoms with van der Waals surface area (Å²) in [6.45, 7) is 4.80. The van der Waals surface area contributed by atoms with Crippen LogP contribution in [0.15, 0.2) is 23.1 Å². The number of rotatable bonds is 3. The van der Waals surface area contributed by atoms with Gasteiger partial charge in [-0.1, -0.05) is 6.07 Å². The molecule has 1 aromatic rings. The molecule has 0 unspecified atom stereocenters. The second-order valence-electron chi connectivity index (χ2n) is 4.32. The number of amides is 1. The van der Waals surface area contributed by atoms with Crippen molar-refractivity contribution in [1.82, 2.24) is 4.90 Å². The molecule has 0 atom stereocenters. The summed E-state index contributed by atoms with van der Waals surface area (Å²) in [6.07, 6.45) is 2.30. The molecule has 1 aliphatic carbocycles. The first-order valence-electron chi connectivity index (χ1n) is 5.74. The van der Waals surface area contributed by atoms with Crippen molar-refractivity contribution in [3.05, 3.63) is 29.3 Å². The number of hydrogen-bond donors (Lipinski definition) is 1. The van der Waals surface area contributed by atoms with Gasteiger partial charge in [0.25, 0.3) is 5.91 Å². The fourth-order valence-electron chi connectivity index (χ4n) is 1.95. The molecule has 2 rings (SSSR count). The maximum Gasteiger partial charge on any atom is 0.254 e. The van der Waals surface area contributed by atoms with Crippen molar-refractivity contribution in [2.45, 2.75) is 37.6 Å². The van der Waals surface area contributed by atoms with Crippen LogP contribution in [0.2, 0.25) is 0 Å². The number of nitrogens with zero attached hydrogens (tertiary/aromatic N) is 1. The standard InChI is InChI=1S/C13H17NOS/c1-3-14(10-5-6-10)13(15)12-8-11(16)7-4-9(12)2/h4,7-8,10,16H,3,5-6H2,1-2H3. The van der Waals surface area contributed by atoms with Gasteiger partial charge >= 0.3 is 0 Å². The average Bonchev–Trinajstić information content (AvgIpc) is 3.07. The Labute approximate surface area is 102 Å². The quantitative estimate of drug-likeness (QED) is 0.799. The summed E-state index contributed by atoms with van der Waals surface area (Å²) in [7, 11) is 0. The molecule has 1 fully saturated rings. The molecule has 3 heteroatoms. The molecule has 0 aliphatic heterocycles. The van der Waals surface area contributed by atoms with Gasteiger partial charge in [-0.05, 0) is 44.4 Å². The van der Waals surface area contributed by atoms with Crippen LogP contribution >= 0.6 is 12.6 Å². The summed E-state index contributed by atoms with van der Waals surface area (Å²) < 4.78 is 0. The number of thiol groups is 1. The van der Waals surface area contributed by atoms with E-state index in [4.69, 9.17) is 0 Å². The molecule has 0 saturated heterocycles. The van der Waals surface area contributed by atoms with E-state index in [-0.39, 0.29) is 5.91 Å². The predicted octanol–water partition coefficient (Wildman–Crippen LogP) is 2.91. The maximum absolute atomic E-state index is 12.3. The van der Waals surface area contributed by atoms with Crippen LogP contribution in [-0.4, -0.2) is 23.4 Å². The van der Waals surface area contributed by atoms with Crippen LogP contribution in [0.1, 0.15) is 35.7 Å². The monoisotopic (exact) mass is 235 g/mol. The normalized spacial score (nSPS) is 14.9. The molecule has 0 heterocycles. The first-order chi connectivity index (χ1) is 7.63. The Morgan fingerprint density at radius 3 is 2.75 bits per heavy atom. The van der Waals surface area contributed by atoms with Gasteiger partial charge in [-0.3, -0.25) is 4.79 Å². The smallest absolute Gasteiger partial charge is 0.254 e. The third kappa shape index (κ3) is 2.24. The van der Waals surface area contributed by atoms with Crippen LogP contribution in [0.5, 0.6) is 0 Å². The summed E-state index contributed by atoms with van der Waals surface area (Å²) in [5, 5.41) is 0. The molecule has 0 spiro atoms. The van der Waals surface area contributed by atoms with Gasteiger partial charge in [0.1, 0.15) is 0 Å². The van der Waals surface area contributed by atoms with E-state index in [1.807, 2.05) is 36.9 Å². The number of carbonyl (C=O) groups excluding carboxylic acids is 1. The van der Waals surface area contributed by atoms with Crippen LogP contribution < -0.4 is 0 Å². The molecule has 1 aliphatic rings. The van der Waals surface area contributed by atoms with Gasteiger partial charge in [0, 0.05) is 23.0 Å². The second kappa shape index (κ2) is 4.50. The van der Waals surface area contributed by atoms with Gasteiger partial charge < -0.3 is 4.90 Å². The van der Waals surface area contributed by atoms with E-state index in [1.165, 1.54) is 0 Å². The topological polar surface area (TPSA) is 20.3 Å². The molecule has 86 valence electrons. The van der Waals surface area contributed by atoms with E-state index in [0.717, 1.165) is 35.4 Å². The second-order valence-corrected chi connectivity index (χ2v) is 4.84. The van der Waals surface area contributed by atoms with Crippen molar-refractivity contribution < 1.29 is 4.79 Å². The van der Waals surface area contributed by atoms with Crippen molar-refractivity contribution in [3.8, 4) is 0 Å². The zero-order valence-corrected chi connectivity index (χ0v) is 10.6. The van der Waals surface area contributed by atoms with Gasteiger partial charge in [-0.25, -0.2) is 0 Å². The summed E-state index contributed by atoms with van der Waals surface area (Å²) >= 11 is 4.29. The minimum Gasteiger partial charge on any atom is -0.336 e. The Bertz CT molecular complexity index is 412. The predicted molar refractivity (Wildman–Crippen MR) is 68.2 cm³/mol. The summed E-state index contributed by atoms with van der Waals surface area (Å²) in [6, 6.07) is 6.21. The van der Waals surface area contributed by atoms with E-state index in [0.29, 0.717) is 6.04 Å². The number of benzene rings is 1. The van der Waals surface area contributed by atoms with Gasteiger partial charge in [0.05, 0.1) is 0 Å². The van der Waals surface area contributed by atoms with Crippen LogP contribution in [0.25, 0.3) is 0 Å². The Hall–Kier alpha value is -0.960. The third-order valence-electron chi connectivity index (χ3n) is 3.04. The van der Waals surface area contributed by atoms with E-state index in [2.05, 4.69) is 12.6 Å². The summed E-state index contributed by atoms with van der Waals surface area (Å²) in [4.78, 5) is 15.1. The van der Waals surface area contributed by atoms with Crippen LogP contribution in [0.3, 0.4) is 0 Å². The maximum atomic E-state index is 12.3. The van der Waals surface area contributed by atoms with Crippen molar-refractivity contribution in [2.24, 2.45) is 0 Å². The van der Waals surface area contributed by atoms with Crippen LogP contribution in [0.4, 0.5) is 0 Å². The lowest BCUT2D eigenvalue weighted by molar-refractivity contribution is 0.0751. The average molecular weight is 235 g/mol. The Balaban J connectivity index is 2.28. The highest BCUT2D eigenvalue weighted by atomic mass is 32.1. The lowest BCUT2D eigenvalue weighted by Gasteiger charge is -2.21. The molecule has 1 aromatic carbocycles. The minimum absolute atomic E-state index is 0.151. The van der Waals surface area contributed by atoms with E-state index >= 15 is 0 Å². The van der Waals surface area contributed by atoms with Crippen LogP contribution in [-0.2, 0) is 0 Å². The first kappa shape index (κ1) is 11.5. The number of aryl methyl sites for hydroxylation is 1. The lowest BCUT2D eigenvalue weighted by Crippen LogP contribution is -2.33. The van der Waals surface area contributed by atoms with Gasteiger partial charge in [0.15, 0.2) is 0 Å². The molecule has 1 saturated carbocycles. The van der Waals surface area contributed by atoms with Crippen LogP contribution in [0, 0.1) is 6.92 Å². The zero-order valence-electron chi connectivity index (χ0n) is 9.73. The highest BCUT2D eigenvalue weighted by Crippen LogP contribution is 2.28. The van der Waals surface area contributed by atoms with E-state index < -0.39 is 0 Å². The largest absolute Gasteiger partial charge is 0.336 e. The van der Waals surface area contributed by atoms with E-state index in [9.17, 15) is 4.79 Å². The molecule has 1 amide bonds. The Kier molecular flexibility index (Phi) is 3.24. The molecule has 2 nitrogen and oxygen atoms in total. The molecule has 0 aromatic heterocycles. The molecule has 0 N–H and O–H groups in total. The molecular formula is C13H17NOS. The van der Waals surface area contributed by atoms with Gasteiger partial charge in [-0.15, -0.1) is 12.6 Å². The van der Waals surface area contributed by atoms with E-state index in [1.54, 1.807) is 0 Å². The van der Waals surface area contributed by atoms with Crippen molar-refractivity contribution in [2.75, 3.05) is 6.54 Å².